The van der Waals surface area contributed by atoms with E-state index >= 15 is 0 Å². The molecule has 0 aromatic heterocycles. The summed E-state index contributed by atoms with van der Waals surface area (Å²) in [4.78, 5) is 40.4. The molecule has 0 fully saturated rings. The average molecular weight is 516 g/mol. The van der Waals surface area contributed by atoms with E-state index in [1.165, 1.54) is 0 Å². The molecular formula is C26H30ClN3O4S. The number of nitrogens with one attached hydrogen (secondary N) is 2. The number of anilines is 1. The third-order valence-corrected chi connectivity index (χ3v) is 5.69. The van der Waals surface area contributed by atoms with Crippen molar-refractivity contribution < 1.29 is 19.1 Å². The molecule has 2 atom stereocenters. The van der Waals surface area contributed by atoms with Crippen LogP contribution in [0.2, 0.25) is 5.02 Å². The van der Waals surface area contributed by atoms with E-state index in [2.05, 4.69) is 29.3 Å². The normalized spacial score (nSPS) is 12.6. The van der Waals surface area contributed by atoms with Gasteiger partial charge in [-0.1, -0.05) is 54.4 Å². The molecule has 7 nitrogen and oxygen atoms in total. The minimum atomic E-state index is -1.20. The summed E-state index contributed by atoms with van der Waals surface area (Å²) in [5.41, 5.74) is 1.67. The number of amides is 3. The van der Waals surface area contributed by atoms with Crippen molar-refractivity contribution in [2.75, 3.05) is 11.1 Å². The van der Waals surface area contributed by atoms with Gasteiger partial charge in [-0.05, 0) is 57.4 Å². The molecule has 0 heterocycles. The number of alkyl carbamates (subject to hydrolysis) is 1. The van der Waals surface area contributed by atoms with Crippen molar-refractivity contribution in [3.63, 3.8) is 0 Å². The van der Waals surface area contributed by atoms with Crippen LogP contribution in [0.5, 0.6) is 0 Å². The highest BCUT2D eigenvalue weighted by atomic mass is 35.5. The molecule has 3 amide bonds. The maximum Gasteiger partial charge on any atom is 0.408 e. The number of halogens is 1. The van der Waals surface area contributed by atoms with Gasteiger partial charge in [0.05, 0.1) is 10.7 Å². The Morgan fingerprint density at radius 1 is 1.11 bits per heavy atom. The van der Waals surface area contributed by atoms with E-state index in [9.17, 15) is 14.4 Å². The van der Waals surface area contributed by atoms with Crippen LogP contribution in [0.4, 0.5) is 10.5 Å². The third-order valence-electron chi connectivity index (χ3n) is 5.01. The predicted octanol–water partition coefficient (Wildman–Crippen LogP) is 4.88. The van der Waals surface area contributed by atoms with E-state index in [0.29, 0.717) is 16.3 Å². The first-order chi connectivity index (χ1) is 16.4. The highest BCUT2D eigenvalue weighted by molar-refractivity contribution is 7.80. The Labute approximate surface area is 217 Å². The zero-order valence-corrected chi connectivity index (χ0v) is 22.0. The second-order valence-electron chi connectivity index (χ2n) is 8.90. The number of benzene rings is 2. The molecule has 2 unspecified atom stereocenters. The van der Waals surface area contributed by atoms with Gasteiger partial charge in [0, 0.05) is 11.8 Å². The summed E-state index contributed by atoms with van der Waals surface area (Å²) in [7, 11) is 0. The Morgan fingerprint density at radius 2 is 1.74 bits per heavy atom. The molecular weight excluding hydrogens is 486 g/mol. The molecule has 0 saturated heterocycles. The van der Waals surface area contributed by atoms with Gasteiger partial charge in [0.1, 0.15) is 17.7 Å². The van der Waals surface area contributed by atoms with Crippen LogP contribution < -0.4 is 10.6 Å². The van der Waals surface area contributed by atoms with E-state index in [1.807, 2.05) is 19.1 Å². The lowest BCUT2D eigenvalue weighted by molar-refractivity contribution is -0.136. The molecule has 186 valence electrons. The Hall–Kier alpha value is -3.15. The zero-order valence-electron chi connectivity index (χ0n) is 20.4. The van der Waals surface area contributed by atoms with E-state index in [-0.39, 0.29) is 5.75 Å². The van der Waals surface area contributed by atoms with E-state index < -0.39 is 35.6 Å². The molecule has 2 rings (SSSR count). The molecule has 2 N–H and O–H groups in total. The van der Waals surface area contributed by atoms with E-state index in [4.69, 9.17) is 22.8 Å². The number of terminal acetylenes is 1. The second kappa shape index (κ2) is 12.0. The monoisotopic (exact) mass is 515 g/mol. The molecule has 9 heteroatoms. The fraction of sp³-hybridized carbons (Fsp3) is 0.346. The van der Waals surface area contributed by atoms with Gasteiger partial charge in [0.15, 0.2) is 0 Å². The van der Waals surface area contributed by atoms with Gasteiger partial charge in [0.25, 0.3) is 11.8 Å². The lowest BCUT2D eigenvalue weighted by Gasteiger charge is -2.30. The predicted molar refractivity (Wildman–Crippen MR) is 141 cm³/mol. The molecule has 0 bridgehead atoms. The number of thiol groups is 1. The van der Waals surface area contributed by atoms with Crippen molar-refractivity contribution in [2.45, 2.75) is 52.3 Å². The summed E-state index contributed by atoms with van der Waals surface area (Å²) in [5.74, 6) is -1.31. The van der Waals surface area contributed by atoms with Crippen LogP contribution in [0, 0.1) is 26.3 Å². The number of hydrogen-bond acceptors (Lipinski definition) is 5. The Bertz CT molecular complexity index is 1120. The molecule has 35 heavy (non-hydrogen) atoms. The first-order valence-electron chi connectivity index (χ1n) is 10.9. The lowest BCUT2D eigenvalue weighted by atomic mass is 9.98. The van der Waals surface area contributed by atoms with Crippen molar-refractivity contribution in [1.29, 1.82) is 0 Å². The van der Waals surface area contributed by atoms with Crippen molar-refractivity contribution in [3.8, 4) is 12.5 Å². The summed E-state index contributed by atoms with van der Waals surface area (Å²) in [5, 5.41) is 5.65. The number of aryl methyl sites for hydroxylation is 2. The lowest BCUT2D eigenvalue weighted by Crippen LogP contribution is -2.51. The van der Waals surface area contributed by atoms with Crippen molar-refractivity contribution in [3.05, 3.63) is 64.2 Å². The van der Waals surface area contributed by atoms with Crippen LogP contribution in [0.15, 0.2) is 42.5 Å². The van der Waals surface area contributed by atoms with Crippen molar-refractivity contribution in [1.82, 2.24) is 10.2 Å². The number of ether oxygens (including phenoxy) is 1. The zero-order chi connectivity index (χ0) is 26.3. The SMILES string of the molecule is C#CN(C(=O)C(CS)NC(=O)OC(C)(C)C)C(C(=O)Nc1c(C)cccc1Cl)c1ccccc1C. The number of carbonyl (C=O) groups is 3. The first-order valence-corrected chi connectivity index (χ1v) is 11.9. The molecule has 2 aromatic rings. The smallest absolute Gasteiger partial charge is 0.408 e. The average Bonchev–Trinajstić information content (AvgIpc) is 2.77. The number of rotatable bonds is 7. The van der Waals surface area contributed by atoms with Crippen molar-refractivity contribution in [2.24, 2.45) is 0 Å². The molecule has 0 saturated carbocycles. The highest BCUT2D eigenvalue weighted by Crippen LogP contribution is 2.30. The summed E-state index contributed by atoms with van der Waals surface area (Å²) in [6.07, 6.45) is 4.96. The Balaban J connectivity index is 2.46. The largest absolute Gasteiger partial charge is 0.444 e. The standard InChI is InChI=1S/C26H30ClN3O4S/c1-7-30(24(32)20(15-35)28-25(33)34-26(4,5)6)22(18-13-9-8-11-16(18)2)23(31)29-21-17(3)12-10-14-19(21)27/h1,8-14,20,22,35H,15H2,2-6H3,(H,28,33)(H,29,31). The third kappa shape index (κ3) is 7.41. The molecule has 2 aromatic carbocycles. The van der Waals surface area contributed by atoms with E-state index in [0.717, 1.165) is 16.0 Å². The van der Waals surface area contributed by atoms with Gasteiger partial charge < -0.3 is 15.4 Å². The van der Waals surface area contributed by atoms with Gasteiger partial charge in [-0.2, -0.15) is 12.6 Å². The fourth-order valence-corrected chi connectivity index (χ4v) is 3.86. The van der Waals surface area contributed by atoms with Gasteiger partial charge >= 0.3 is 6.09 Å². The number of carbonyl (C=O) groups excluding carboxylic acids is 3. The minimum Gasteiger partial charge on any atom is -0.444 e. The second-order valence-corrected chi connectivity index (χ2v) is 9.67. The molecule has 0 radical (unpaired) electrons. The van der Waals surface area contributed by atoms with Crippen LogP contribution in [0.1, 0.15) is 43.5 Å². The fourth-order valence-electron chi connectivity index (χ4n) is 3.34. The Kier molecular flexibility index (Phi) is 9.64. The molecule has 0 spiro atoms. The maximum atomic E-state index is 13.6. The highest BCUT2D eigenvalue weighted by Gasteiger charge is 2.36. The minimum absolute atomic E-state index is 0.0675. The quantitative estimate of drug-likeness (QED) is 0.278. The summed E-state index contributed by atoms with van der Waals surface area (Å²) in [6, 6.07) is 12.3. The molecule has 0 aliphatic heterocycles. The topological polar surface area (TPSA) is 87.7 Å². The van der Waals surface area contributed by atoms with Gasteiger partial charge in [-0.3, -0.25) is 14.5 Å². The van der Waals surface area contributed by atoms with Gasteiger partial charge in [0.2, 0.25) is 0 Å². The summed E-state index contributed by atoms with van der Waals surface area (Å²) >= 11 is 10.5. The van der Waals surface area contributed by atoms with E-state index in [1.54, 1.807) is 58.0 Å². The number of para-hydroxylation sites is 1. The molecule has 0 aliphatic carbocycles. The van der Waals surface area contributed by atoms with Crippen LogP contribution in [0.3, 0.4) is 0 Å². The van der Waals surface area contributed by atoms with Crippen LogP contribution in [-0.2, 0) is 14.3 Å². The number of nitrogens with zero attached hydrogens (tertiary/aromatic N) is 1. The Morgan fingerprint density at radius 3 is 2.29 bits per heavy atom. The molecule has 0 aliphatic rings. The maximum absolute atomic E-state index is 13.6. The van der Waals surface area contributed by atoms with Crippen LogP contribution in [0.25, 0.3) is 0 Å². The first kappa shape index (κ1) is 28.1. The number of hydrogen-bond donors (Lipinski definition) is 3. The summed E-state index contributed by atoms with van der Waals surface area (Å²) < 4.78 is 5.25. The summed E-state index contributed by atoms with van der Waals surface area (Å²) in [6.45, 7) is 8.72. The van der Waals surface area contributed by atoms with Crippen LogP contribution >= 0.6 is 24.2 Å². The van der Waals surface area contributed by atoms with Crippen LogP contribution in [-0.4, -0.2) is 40.2 Å². The van der Waals surface area contributed by atoms with Gasteiger partial charge in [-0.15, -0.1) is 0 Å². The van der Waals surface area contributed by atoms with Crippen molar-refractivity contribution >= 4 is 47.8 Å². The van der Waals surface area contributed by atoms with Gasteiger partial charge in [-0.25, -0.2) is 4.79 Å².